The van der Waals surface area contributed by atoms with E-state index in [0.717, 1.165) is 103 Å². The molecule has 9 aliphatic carbocycles. The van der Waals surface area contributed by atoms with Crippen LogP contribution in [0.15, 0.2) is 274 Å². The van der Waals surface area contributed by atoms with E-state index in [1.54, 1.807) is 0 Å². The van der Waals surface area contributed by atoms with Gasteiger partial charge in [-0.05, 0) is 224 Å². The van der Waals surface area contributed by atoms with Gasteiger partial charge in [0.1, 0.15) is 12.0 Å². The zero-order valence-corrected chi connectivity index (χ0v) is 51.6. The normalized spacial score (nSPS) is 24.6. The summed E-state index contributed by atoms with van der Waals surface area (Å²) in [5, 5.41) is 3.95. The minimum atomic E-state index is -0.270. The summed E-state index contributed by atoms with van der Waals surface area (Å²) in [4.78, 5) is 5.44. The van der Waals surface area contributed by atoms with Gasteiger partial charge in [0.2, 0.25) is 0 Å². The van der Waals surface area contributed by atoms with Crippen molar-refractivity contribution >= 4 is 11.4 Å². The maximum atomic E-state index is 7.18. The second-order valence-corrected chi connectivity index (χ2v) is 26.1. The molecule has 0 saturated carbocycles. The van der Waals surface area contributed by atoms with Crippen molar-refractivity contribution in [1.29, 1.82) is 0 Å². The number of nitrogens with zero attached hydrogens (tertiary/aromatic N) is 1. The average Bonchev–Trinajstić information content (AvgIpc) is 3.59. The Labute approximate surface area is 522 Å². The molecule has 3 aromatic rings. The number of rotatable bonds is 23. The topological polar surface area (TPSA) is 76.4 Å². The second kappa shape index (κ2) is 30.0. The van der Waals surface area contributed by atoms with Crippen molar-refractivity contribution in [2.24, 2.45) is 40.1 Å². The predicted octanol–water partition coefficient (Wildman–Crippen LogP) is 20.5. The van der Waals surface area contributed by atoms with E-state index in [-0.39, 0.29) is 24.0 Å². The third-order valence-corrected chi connectivity index (χ3v) is 20.0. The van der Waals surface area contributed by atoms with E-state index >= 15 is 0 Å². The van der Waals surface area contributed by atoms with Crippen LogP contribution >= 0.6 is 0 Å². The van der Waals surface area contributed by atoms with Crippen molar-refractivity contribution in [3.05, 3.63) is 292 Å². The molecule has 4 nitrogen and oxygen atoms in total. The van der Waals surface area contributed by atoms with Gasteiger partial charge >= 0.3 is 0 Å². The molecule has 87 heavy (non-hydrogen) atoms. The second-order valence-electron chi connectivity index (χ2n) is 26.1. The maximum Gasteiger partial charge on any atom is 0.127 e. The lowest BCUT2D eigenvalue weighted by Gasteiger charge is -2.29. The number of benzene rings is 3. The number of aliphatic imine (C=N–C) groups is 1. The Kier molecular flexibility index (Phi) is 20.7. The minimum Gasteiger partial charge on any atom is -0.387 e. The van der Waals surface area contributed by atoms with Gasteiger partial charge in [0, 0.05) is 30.3 Å². The van der Waals surface area contributed by atoms with Crippen LogP contribution in [0.5, 0.6) is 0 Å². The van der Waals surface area contributed by atoms with Gasteiger partial charge in [0.05, 0.1) is 0 Å². The van der Waals surface area contributed by atoms with E-state index in [1.165, 1.54) is 122 Å². The first-order valence-corrected chi connectivity index (χ1v) is 33.7. The van der Waals surface area contributed by atoms with E-state index in [2.05, 4.69) is 230 Å². The highest BCUT2D eigenvalue weighted by Crippen LogP contribution is 2.41. The summed E-state index contributed by atoms with van der Waals surface area (Å²) in [6, 6.07) is 27.8. The molecule has 0 aliphatic heterocycles. The first kappa shape index (κ1) is 59.9. The first-order chi connectivity index (χ1) is 42.9. The van der Waals surface area contributed by atoms with Crippen molar-refractivity contribution in [2.45, 2.75) is 159 Å². The molecule has 446 valence electrons. The molecule has 8 atom stereocenters. The van der Waals surface area contributed by atoms with Gasteiger partial charge in [-0.15, -0.1) is 0 Å². The number of hydrogen-bond donors (Lipinski definition) is 3. The lowest BCUT2D eigenvalue weighted by molar-refractivity contribution is 0.316. The summed E-state index contributed by atoms with van der Waals surface area (Å²) in [5.74, 6) is 3.05. The van der Waals surface area contributed by atoms with Crippen LogP contribution < -0.4 is 16.8 Å². The number of amidine groups is 1. The van der Waals surface area contributed by atoms with Crippen molar-refractivity contribution < 1.29 is 0 Å². The molecule has 4 heteroatoms. The molecule has 0 spiro atoms. The molecule has 3 aromatic carbocycles. The molecule has 0 amide bonds. The zero-order valence-electron chi connectivity index (χ0n) is 51.6. The molecule has 0 aromatic heterocycles. The molecule has 12 rings (SSSR count). The van der Waals surface area contributed by atoms with Gasteiger partial charge in [-0.2, -0.15) is 0 Å². The average molecular weight is 1150 g/mol. The fraction of sp³-hybridized carbons (Fsp3) is 0.361. The quantitative estimate of drug-likeness (QED) is 0.0503. The predicted molar refractivity (Wildman–Crippen MR) is 371 cm³/mol. The summed E-state index contributed by atoms with van der Waals surface area (Å²) < 4.78 is 0. The largest absolute Gasteiger partial charge is 0.387 e. The fourth-order valence-electron chi connectivity index (χ4n) is 14.9. The number of hydrogen-bond acceptors (Lipinski definition) is 3. The Morgan fingerprint density at radius 3 is 2.22 bits per heavy atom. The van der Waals surface area contributed by atoms with Crippen LogP contribution in [0, 0.1) is 23.7 Å². The van der Waals surface area contributed by atoms with Gasteiger partial charge in [0.25, 0.3) is 0 Å². The monoisotopic (exact) mass is 1150 g/mol. The van der Waals surface area contributed by atoms with E-state index in [4.69, 9.17) is 16.5 Å². The van der Waals surface area contributed by atoms with Gasteiger partial charge in [-0.25, -0.2) is 4.99 Å². The highest BCUT2D eigenvalue weighted by molar-refractivity contribution is 5.86. The molecule has 9 aliphatic rings. The Balaban J connectivity index is 0.746. The number of nitrogens with one attached hydrogen (secondary N) is 1. The van der Waals surface area contributed by atoms with Crippen LogP contribution in [0.4, 0.5) is 0 Å². The molecule has 0 fully saturated rings. The molecule has 0 heterocycles. The third-order valence-electron chi connectivity index (χ3n) is 20.0. The summed E-state index contributed by atoms with van der Waals surface area (Å²) in [7, 11) is 0. The molecule has 0 radical (unpaired) electrons. The van der Waals surface area contributed by atoms with E-state index in [1.807, 2.05) is 0 Å². The van der Waals surface area contributed by atoms with Crippen LogP contribution in [-0.4, -0.2) is 18.5 Å². The molecule has 0 bridgehead atoms. The first-order valence-electron chi connectivity index (χ1n) is 33.7. The summed E-state index contributed by atoms with van der Waals surface area (Å²) in [5.41, 5.74) is 34.6. The molecule has 0 saturated heterocycles. The molecular formula is C83H94N4. The molecule has 5 N–H and O–H groups in total. The maximum absolute atomic E-state index is 7.18. The van der Waals surface area contributed by atoms with Crippen LogP contribution in [0.1, 0.15) is 175 Å². The standard InChI is InChI=1S/C83H94N4/c84-81(78-46-20-38-70(56-78)64-30-9-3-10-31-64)50-49-66(34-14-13-23-60-24-15-35-67(51-60)62-26-5-1-6-27-62)69-37-17-40-72(53-69)73-41-18-42-74(54-73)75-43-19-44-76(55-75)77-45-22-48-80(58-77)83(86-59-61-25-16-36-68(52-61)63-28-7-2-8-29-63)87-82(85)79-47-21-39-71(57-79)65-32-11-4-12-33-65/h1,3,5,7,9-10,15,17-22,26,28-30,32,35-44,46,48,51-52,54-58,60,64,66,69,77,79,81,83,86H,2,4,6,8,11-14,16,23-25,27,31,33-34,45,47,49-50,53,59,84H2,(H2,85,87). The zero-order chi connectivity index (χ0) is 59.0. The number of unbranched alkanes of at least 4 members (excludes halogenated alkanes) is 1. The SMILES string of the molecule is NC(=NC(NCC1=CC(C2=CCCC=C2)=CCC1)C1=CC(c2cccc(-c3cccc(C4=CC=CC(C(CCCCC5C=C(C6=CC=CCC6)C=CC5)CCC(N)c5cccc(C6C=CC=CC6)c5)C4)c3)c2)CC=C1)C1C=C(C2=CCCCC2)C=CC1. The Morgan fingerprint density at radius 1 is 0.563 bits per heavy atom. The van der Waals surface area contributed by atoms with E-state index < -0.39 is 0 Å². The van der Waals surface area contributed by atoms with Crippen LogP contribution in [0.2, 0.25) is 0 Å². The Morgan fingerprint density at radius 2 is 1.37 bits per heavy atom. The summed E-state index contributed by atoms with van der Waals surface area (Å²) >= 11 is 0. The number of allylic oxidation sites excluding steroid dienone is 30. The highest BCUT2D eigenvalue weighted by atomic mass is 15.1. The van der Waals surface area contributed by atoms with Crippen molar-refractivity contribution in [3.8, 4) is 11.1 Å². The Bertz CT molecular complexity index is 3530. The van der Waals surface area contributed by atoms with Crippen molar-refractivity contribution in [3.63, 3.8) is 0 Å². The van der Waals surface area contributed by atoms with E-state index in [9.17, 15) is 0 Å². The Hall–Kier alpha value is -7.37. The van der Waals surface area contributed by atoms with Crippen LogP contribution in [0.25, 0.3) is 16.7 Å². The van der Waals surface area contributed by atoms with Crippen LogP contribution in [-0.2, 0) is 0 Å². The fourth-order valence-corrected chi connectivity index (χ4v) is 14.9. The number of nitrogens with two attached hydrogens (primary N) is 2. The van der Waals surface area contributed by atoms with Crippen molar-refractivity contribution in [2.75, 3.05) is 6.54 Å². The van der Waals surface area contributed by atoms with Gasteiger partial charge < -0.3 is 11.5 Å². The van der Waals surface area contributed by atoms with Crippen LogP contribution in [0.3, 0.4) is 0 Å². The summed E-state index contributed by atoms with van der Waals surface area (Å²) in [6.07, 6.45) is 82.2. The van der Waals surface area contributed by atoms with Gasteiger partial charge in [-0.1, -0.05) is 237 Å². The van der Waals surface area contributed by atoms with Gasteiger partial charge in [-0.3, -0.25) is 5.32 Å². The minimum absolute atomic E-state index is 0.0153. The smallest absolute Gasteiger partial charge is 0.127 e. The summed E-state index contributed by atoms with van der Waals surface area (Å²) in [6.45, 7) is 0.762. The lowest BCUT2D eigenvalue weighted by atomic mass is 9.76. The molecule has 8 unspecified atom stereocenters. The highest BCUT2D eigenvalue weighted by Gasteiger charge is 2.27. The third kappa shape index (κ3) is 16.0. The molecular weight excluding hydrogens is 1050 g/mol. The van der Waals surface area contributed by atoms with E-state index in [0.29, 0.717) is 29.5 Å². The van der Waals surface area contributed by atoms with Crippen molar-refractivity contribution in [1.82, 2.24) is 5.32 Å². The lowest BCUT2D eigenvalue weighted by Crippen LogP contribution is -2.35. The van der Waals surface area contributed by atoms with Gasteiger partial charge in [0.15, 0.2) is 0 Å².